The molecule has 6 heteroatoms. The zero-order valence-corrected chi connectivity index (χ0v) is 12.1. The van der Waals surface area contributed by atoms with E-state index in [-0.39, 0.29) is 6.03 Å². The molecule has 2 fully saturated rings. The summed E-state index contributed by atoms with van der Waals surface area (Å²) in [4.78, 5) is 24.7. The van der Waals surface area contributed by atoms with Gasteiger partial charge in [-0.15, -0.1) is 0 Å². The molecule has 1 atom stereocenters. The molecule has 0 bridgehead atoms. The molecule has 1 aliphatic heterocycles. The van der Waals surface area contributed by atoms with Crippen LogP contribution in [-0.2, 0) is 0 Å². The lowest BCUT2D eigenvalue weighted by atomic mass is 9.98. The molecule has 20 heavy (non-hydrogen) atoms. The Bertz CT molecular complexity index is 342. The summed E-state index contributed by atoms with van der Waals surface area (Å²) in [6.07, 6.45) is 7.10. The van der Waals surface area contributed by atoms with E-state index in [4.69, 9.17) is 5.73 Å². The van der Waals surface area contributed by atoms with Gasteiger partial charge in [0, 0.05) is 26.2 Å². The minimum absolute atomic E-state index is 0.0423. The third-order valence-corrected chi connectivity index (χ3v) is 4.39. The van der Waals surface area contributed by atoms with Crippen molar-refractivity contribution in [3.05, 3.63) is 0 Å². The van der Waals surface area contributed by atoms with Crippen molar-refractivity contribution in [1.29, 1.82) is 0 Å². The Morgan fingerprint density at radius 2 is 1.65 bits per heavy atom. The smallest absolute Gasteiger partial charge is 0.317 e. The summed E-state index contributed by atoms with van der Waals surface area (Å²) >= 11 is 0. The maximum Gasteiger partial charge on any atom is 0.317 e. The highest BCUT2D eigenvalue weighted by Crippen LogP contribution is 2.24. The van der Waals surface area contributed by atoms with Gasteiger partial charge in [-0.25, -0.2) is 9.59 Å². The van der Waals surface area contributed by atoms with Crippen LogP contribution < -0.4 is 16.4 Å². The zero-order chi connectivity index (χ0) is 14.4. The highest BCUT2D eigenvalue weighted by Gasteiger charge is 2.24. The third kappa shape index (κ3) is 4.58. The third-order valence-electron chi connectivity index (χ3n) is 4.39. The van der Waals surface area contributed by atoms with Crippen LogP contribution in [0.15, 0.2) is 0 Å². The van der Waals surface area contributed by atoms with E-state index in [1.807, 2.05) is 4.90 Å². The number of carbonyl (C=O) groups is 2. The summed E-state index contributed by atoms with van der Waals surface area (Å²) in [5, 5.41) is 5.69. The van der Waals surface area contributed by atoms with E-state index in [0.717, 1.165) is 25.9 Å². The molecule has 6 nitrogen and oxygen atoms in total. The number of nitrogens with zero attached hydrogens (tertiary/aromatic N) is 1. The molecule has 4 amide bonds. The van der Waals surface area contributed by atoms with Gasteiger partial charge in [-0.3, -0.25) is 0 Å². The van der Waals surface area contributed by atoms with Crippen molar-refractivity contribution in [3.63, 3.8) is 0 Å². The maximum atomic E-state index is 12.1. The lowest BCUT2D eigenvalue weighted by molar-refractivity contribution is 0.163. The van der Waals surface area contributed by atoms with E-state index in [2.05, 4.69) is 10.6 Å². The van der Waals surface area contributed by atoms with Crippen LogP contribution in [-0.4, -0.2) is 43.1 Å². The number of likely N-dealkylation sites (tertiary alicyclic amines) is 1. The Morgan fingerprint density at radius 1 is 1.00 bits per heavy atom. The lowest BCUT2D eigenvalue weighted by Crippen LogP contribution is -2.48. The Kier molecular flexibility index (Phi) is 5.49. The first kappa shape index (κ1) is 14.9. The first-order chi connectivity index (χ1) is 9.65. The predicted octanol–water partition coefficient (Wildman–Crippen LogP) is 1.27. The van der Waals surface area contributed by atoms with E-state index >= 15 is 0 Å². The Morgan fingerprint density at radius 3 is 2.35 bits per heavy atom. The lowest BCUT2D eigenvalue weighted by Gasteiger charge is -2.33. The van der Waals surface area contributed by atoms with E-state index in [1.165, 1.54) is 25.7 Å². The van der Waals surface area contributed by atoms with Crippen LogP contribution in [0.3, 0.4) is 0 Å². The Labute approximate surface area is 120 Å². The van der Waals surface area contributed by atoms with Gasteiger partial charge in [-0.2, -0.15) is 0 Å². The van der Waals surface area contributed by atoms with Crippen LogP contribution in [0.5, 0.6) is 0 Å². The monoisotopic (exact) mass is 282 g/mol. The van der Waals surface area contributed by atoms with Crippen LogP contribution in [0.25, 0.3) is 0 Å². The fourth-order valence-corrected chi connectivity index (χ4v) is 3.22. The first-order valence-electron chi connectivity index (χ1n) is 7.71. The van der Waals surface area contributed by atoms with Crippen LogP contribution >= 0.6 is 0 Å². The molecule has 4 N–H and O–H groups in total. The van der Waals surface area contributed by atoms with Crippen LogP contribution in [0.1, 0.15) is 38.5 Å². The molecule has 2 rings (SSSR count). The second kappa shape index (κ2) is 7.36. The number of carbonyl (C=O) groups excluding carboxylic acids is 2. The van der Waals surface area contributed by atoms with E-state index in [9.17, 15) is 9.59 Å². The molecule has 0 aromatic rings. The van der Waals surface area contributed by atoms with Crippen molar-refractivity contribution in [2.45, 2.75) is 38.5 Å². The number of hydrogen-bond acceptors (Lipinski definition) is 2. The topological polar surface area (TPSA) is 87.5 Å². The number of nitrogens with one attached hydrogen (secondary N) is 2. The summed E-state index contributed by atoms with van der Waals surface area (Å²) in [5.74, 6) is 0.976. The normalized spacial score (nSPS) is 23.6. The molecule has 1 saturated carbocycles. The van der Waals surface area contributed by atoms with Crippen molar-refractivity contribution >= 4 is 12.1 Å². The van der Waals surface area contributed by atoms with Crippen LogP contribution in [0.4, 0.5) is 9.59 Å². The van der Waals surface area contributed by atoms with Gasteiger partial charge in [0.15, 0.2) is 0 Å². The summed E-state index contributed by atoms with van der Waals surface area (Å²) in [6.45, 7) is 2.88. The Hall–Kier alpha value is -1.46. The molecule has 114 valence electrons. The predicted molar refractivity (Wildman–Crippen MR) is 77.2 cm³/mol. The molecule has 0 radical (unpaired) electrons. The molecule has 1 unspecified atom stereocenters. The van der Waals surface area contributed by atoms with Gasteiger partial charge in [0.05, 0.1) is 0 Å². The summed E-state index contributed by atoms with van der Waals surface area (Å²) in [7, 11) is 0. The highest BCUT2D eigenvalue weighted by molar-refractivity contribution is 5.74. The SMILES string of the molecule is NC(=O)NCC1CCCN(C(=O)NCC2CCCC2)C1. The summed E-state index contributed by atoms with van der Waals surface area (Å²) in [6, 6.07) is -0.450. The van der Waals surface area contributed by atoms with Gasteiger partial charge in [0.25, 0.3) is 0 Å². The van der Waals surface area contributed by atoms with Crippen LogP contribution in [0.2, 0.25) is 0 Å². The van der Waals surface area contributed by atoms with E-state index in [0.29, 0.717) is 24.9 Å². The van der Waals surface area contributed by atoms with Crippen LogP contribution in [0, 0.1) is 11.8 Å². The molecule has 0 aromatic heterocycles. The number of hydrogen-bond donors (Lipinski definition) is 3. The van der Waals surface area contributed by atoms with Gasteiger partial charge in [-0.05, 0) is 37.5 Å². The molecule has 0 aromatic carbocycles. The van der Waals surface area contributed by atoms with Crippen molar-refractivity contribution in [1.82, 2.24) is 15.5 Å². The quantitative estimate of drug-likeness (QED) is 0.725. The molecular weight excluding hydrogens is 256 g/mol. The average molecular weight is 282 g/mol. The second-order valence-corrected chi connectivity index (χ2v) is 6.04. The van der Waals surface area contributed by atoms with E-state index < -0.39 is 6.03 Å². The van der Waals surface area contributed by atoms with Gasteiger partial charge in [-0.1, -0.05) is 12.8 Å². The zero-order valence-electron chi connectivity index (χ0n) is 12.1. The minimum Gasteiger partial charge on any atom is -0.352 e. The summed E-state index contributed by atoms with van der Waals surface area (Å²) in [5.41, 5.74) is 5.08. The first-order valence-corrected chi connectivity index (χ1v) is 7.71. The fraction of sp³-hybridized carbons (Fsp3) is 0.857. The molecular formula is C14H26N4O2. The fourth-order valence-electron chi connectivity index (χ4n) is 3.22. The largest absolute Gasteiger partial charge is 0.352 e. The molecule has 1 saturated heterocycles. The average Bonchev–Trinajstić information content (AvgIpc) is 2.96. The molecule has 2 aliphatic rings. The number of nitrogens with two attached hydrogens (primary N) is 1. The number of amides is 4. The van der Waals surface area contributed by atoms with Crippen molar-refractivity contribution in [3.8, 4) is 0 Å². The Balaban J connectivity index is 1.70. The standard InChI is InChI=1S/C14H26N4O2/c15-13(19)16-9-12-6-3-7-18(10-12)14(20)17-8-11-4-1-2-5-11/h11-12H,1-10H2,(H,17,20)(H3,15,16,19). The van der Waals surface area contributed by atoms with E-state index in [1.54, 1.807) is 0 Å². The maximum absolute atomic E-state index is 12.1. The number of primary amides is 1. The number of piperidine rings is 1. The highest BCUT2D eigenvalue weighted by atomic mass is 16.2. The van der Waals surface area contributed by atoms with Crippen molar-refractivity contribution in [2.24, 2.45) is 17.6 Å². The molecule has 0 spiro atoms. The molecule has 1 aliphatic carbocycles. The van der Waals surface area contributed by atoms with Crippen molar-refractivity contribution in [2.75, 3.05) is 26.2 Å². The van der Waals surface area contributed by atoms with Gasteiger partial charge < -0.3 is 21.3 Å². The summed E-state index contributed by atoms with van der Waals surface area (Å²) < 4.78 is 0. The number of urea groups is 2. The molecule has 1 heterocycles. The van der Waals surface area contributed by atoms with Crippen molar-refractivity contribution < 1.29 is 9.59 Å². The second-order valence-electron chi connectivity index (χ2n) is 6.04. The van der Waals surface area contributed by atoms with Gasteiger partial charge in [0.1, 0.15) is 0 Å². The minimum atomic E-state index is -0.493. The van der Waals surface area contributed by atoms with Gasteiger partial charge in [0.2, 0.25) is 0 Å². The number of rotatable bonds is 4. The van der Waals surface area contributed by atoms with Gasteiger partial charge >= 0.3 is 12.1 Å².